The Balaban J connectivity index is 2.07. The van der Waals surface area contributed by atoms with Crippen LogP contribution in [0.4, 0.5) is 5.69 Å². The lowest BCUT2D eigenvalue weighted by Gasteiger charge is -2.08. The fraction of sp³-hybridized carbons (Fsp3) is 0.462. The molecule has 1 aliphatic rings. The number of rotatable bonds is 4. The van der Waals surface area contributed by atoms with E-state index in [1.54, 1.807) is 0 Å². The smallest absolute Gasteiger partial charge is 0.311 e. The van der Waals surface area contributed by atoms with Gasteiger partial charge in [-0.15, -0.1) is 0 Å². The quantitative estimate of drug-likeness (QED) is 0.643. The lowest BCUT2D eigenvalue weighted by Crippen LogP contribution is -2.26. The molecule has 0 aromatic heterocycles. The molecule has 2 rings (SSSR count). The number of phenols is 1. The monoisotopic (exact) mass is 264 g/mol. The van der Waals surface area contributed by atoms with Crippen LogP contribution < -0.4 is 5.32 Å². The van der Waals surface area contributed by atoms with Gasteiger partial charge in [-0.3, -0.25) is 14.9 Å². The molecule has 6 heteroatoms. The van der Waals surface area contributed by atoms with Crippen LogP contribution in [-0.4, -0.2) is 22.5 Å². The lowest BCUT2D eigenvalue weighted by molar-refractivity contribution is -0.385. The van der Waals surface area contributed by atoms with Gasteiger partial charge in [0.15, 0.2) is 0 Å². The van der Waals surface area contributed by atoms with Crippen molar-refractivity contribution in [1.82, 2.24) is 5.32 Å². The molecule has 0 radical (unpaired) electrons. The summed E-state index contributed by atoms with van der Waals surface area (Å²) in [6.45, 7) is 4.76. The number of para-hydroxylation sites is 1. The standard InChI is InChI=1S/C13H16N2O4/c1-13(2)6-8(13)7-14-12(17)9-4-3-5-10(11(9)16)15(18)19/h3-5,8,16H,6-7H2,1-2H3,(H,14,17). The van der Waals surface area contributed by atoms with E-state index in [9.17, 15) is 20.0 Å². The summed E-state index contributed by atoms with van der Waals surface area (Å²) in [6, 6.07) is 3.92. The first-order chi connectivity index (χ1) is 8.83. The van der Waals surface area contributed by atoms with Crippen LogP contribution in [0.2, 0.25) is 0 Å². The summed E-state index contributed by atoms with van der Waals surface area (Å²) in [7, 11) is 0. The predicted octanol–water partition coefficient (Wildman–Crippen LogP) is 2.08. The molecule has 0 spiro atoms. The summed E-state index contributed by atoms with van der Waals surface area (Å²) in [5.41, 5.74) is -0.273. The van der Waals surface area contributed by atoms with Gasteiger partial charge in [0.25, 0.3) is 5.91 Å². The van der Waals surface area contributed by atoms with Gasteiger partial charge in [-0.2, -0.15) is 0 Å². The molecule has 1 aromatic carbocycles. The number of hydrogen-bond donors (Lipinski definition) is 2. The Hall–Kier alpha value is -2.11. The van der Waals surface area contributed by atoms with E-state index < -0.39 is 22.3 Å². The zero-order valence-electron chi connectivity index (χ0n) is 10.8. The number of phenolic OH excluding ortho intramolecular Hbond substituents is 1. The summed E-state index contributed by atoms with van der Waals surface area (Å²) in [5.74, 6) is -0.638. The number of amides is 1. The summed E-state index contributed by atoms with van der Waals surface area (Å²) < 4.78 is 0. The molecular formula is C13H16N2O4. The highest BCUT2D eigenvalue weighted by Crippen LogP contribution is 2.51. The fourth-order valence-electron chi connectivity index (χ4n) is 2.10. The van der Waals surface area contributed by atoms with Crippen LogP contribution in [0.25, 0.3) is 0 Å². The van der Waals surface area contributed by atoms with Crippen molar-refractivity contribution in [2.45, 2.75) is 20.3 Å². The van der Waals surface area contributed by atoms with Crippen molar-refractivity contribution in [3.8, 4) is 5.75 Å². The minimum absolute atomic E-state index is 0.0624. The van der Waals surface area contributed by atoms with Crippen molar-refractivity contribution in [1.29, 1.82) is 0 Å². The second-order valence-electron chi connectivity index (χ2n) is 5.53. The Morgan fingerprint density at radius 3 is 2.74 bits per heavy atom. The molecule has 19 heavy (non-hydrogen) atoms. The Bertz CT molecular complexity index is 539. The van der Waals surface area contributed by atoms with Gasteiger partial charge in [-0.25, -0.2) is 0 Å². The molecule has 1 unspecified atom stereocenters. The van der Waals surface area contributed by atoms with Crippen molar-refractivity contribution in [3.63, 3.8) is 0 Å². The average Bonchev–Trinajstić information content (AvgIpc) is 2.94. The maximum Gasteiger partial charge on any atom is 0.311 e. The number of carbonyl (C=O) groups is 1. The number of benzene rings is 1. The van der Waals surface area contributed by atoms with Gasteiger partial charge < -0.3 is 10.4 Å². The second-order valence-corrected chi connectivity index (χ2v) is 5.53. The van der Waals surface area contributed by atoms with Crippen molar-refractivity contribution < 1.29 is 14.8 Å². The first-order valence-corrected chi connectivity index (χ1v) is 6.07. The van der Waals surface area contributed by atoms with Crippen molar-refractivity contribution in [3.05, 3.63) is 33.9 Å². The minimum atomic E-state index is -0.712. The van der Waals surface area contributed by atoms with Gasteiger partial charge in [0.05, 0.1) is 10.5 Å². The zero-order chi connectivity index (χ0) is 14.2. The number of nitro benzene ring substituents is 1. The fourth-order valence-corrected chi connectivity index (χ4v) is 2.10. The molecule has 1 fully saturated rings. The summed E-state index contributed by atoms with van der Waals surface area (Å²) >= 11 is 0. The van der Waals surface area contributed by atoms with Crippen LogP contribution in [0, 0.1) is 21.4 Å². The van der Waals surface area contributed by atoms with Crippen LogP contribution in [0.5, 0.6) is 5.75 Å². The van der Waals surface area contributed by atoms with Crippen LogP contribution in [0.15, 0.2) is 18.2 Å². The molecule has 0 bridgehead atoms. The van der Waals surface area contributed by atoms with E-state index in [4.69, 9.17) is 0 Å². The molecule has 0 saturated heterocycles. The minimum Gasteiger partial charge on any atom is -0.502 e. The second kappa shape index (κ2) is 4.53. The molecule has 1 atom stereocenters. The van der Waals surface area contributed by atoms with Gasteiger partial charge in [0.2, 0.25) is 5.75 Å². The maximum atomic E-state index is 11.9. The van der Waals surface area contributed by atoms with Gasteiger partial charge in [0, 0.05) is 12.6 Å². The van der Waals surface area contributed by atoms with Crippen LogP contribution in [-0.2, 0) is 0 Å². The van der Waals surface area contributed by atoms with E-state index in [0.717, 1.165) is 12.5 Å². The SMILES string of the molecule is CC1(C)CC1CNC(=O)c1cccc([N+](=O)[O-])c1O. The third-order valence-corrected chi connectivity index (χ3v) is 3.68. The van der Waals surface area contributed by atoms with E-state index in [0.29, 0.717) is 12.5 Å². The molecule has 1 aromatic rings. The molecule has 6 nitrogen and oxygen atoms in total. The number of nitrogens with zero attached hydrogens (tertiary/aromatic N) is 1. The van der Waals surface area contributed by atoms with E-state index in [2.05, 4.69) is 19.2 Å². The summed E-state index contributed by atoms with van der Waals surface area (Å²) in [6.07, 6.45) is 1.05. The molecule has 0 heterocycles. The van der Waals surface area contributed by atoms with Gasteiger partial charge >= 0.3 is 5.69 Å². The van der Waals surface area contributed by atoms with Crippen LogP contribution in [0.1, 0.15) is 30.6 Å². The average molecular weight is 264 g/mol. The van der Waals surface area contributed by atoms with Crippen molar-refractivity contribution >= 4 is 11.6 Å². The van der Waals surface area contributed by atoms with Crippen molar-refractivity contribution in [2.75, 3.05) is 6.54 Å². The van der Waals surface area contributed by atoms with E-state index >= 15 is 0 Å². The number of hydrogen-bond acceptors (Lipinski definition) is 4. The number of nitro groups is 1. The highest BCUT2D eigenvalue weighted by atomic mass is 16.6. The zero-order valence-corrected chi connectivity index (χ0v) is 10.8. The van der Waals surface area contributed by atoms with Gasteiger partial charge in [-0.05, 0) is 23.8 Å². The highest BCUT2D eigenvalue weighted by molar-refractivity contribution is 5.98. The molecule has 0 aliphatic heterocycles. The normalized spacial score (nSPS) is 19.8. The molecule has 1 saturated carbocycles. The number of carbonyl (C=O) groups excluding carboxylic acids is 1. The first kappa shape index (κ1) is 13.3. The number of nitrogens with one attached hydrogen (secondary N) is 1. The molecule has 102 valence electrons. The Labute approximate surface area is 110 Å². The largest absolute Gasteiger partial charge is 0.502 e. The van der Waals surface area contributed by atoms with Crippen LogP contribution in [0.3, 0.4) is 0 Å². The Kier molecular flexibility index (Phi) is 3.18. The molecule has 1 amide bonds. The van der Waals surface area contributed by atoms with E-state index in [1.165, 1.54) is 12.1 Å². The number of aromatic hydroxyl groups is 1. The highest BCUT2D eigenvalue weighted by Gasteiger charge is 2.45. The summed E-state index contributed by atoms with van der Waals surface area (Å²) in [4.78, 5) is 21.8. The summed E-state index contributed by atoms with van der Waals surface area (Å²) in [5, 5.41) is 23.1. The third-order valence-electron chi connectivity index (χ3n) is 3.68. The molecular weight excluding hydrogens is 248 g/mol. The van der Waals surface area contributed by atoms with E-state index in [-0.39, 0.29) is 11.0 Å². The Morgan fingerprint density at radius 2 is 2.21 bits per heavy atom. The van der Waals surface area contributed by atoms with Gasteiger partial charge in [0.1, 0.15) is 0 Å². The topological polar surface area (TPSA) is 92.5 Å². The first-order valence-electron chi connectivity index (χ1n) is 6.07. The predicted molar refractivity (Wildman–Crippen MR) is 69.0 cm³/mol. The van der Waals surface area contributed by atoms with E-state index in [1.807, 2.05) is 0 Å². The Morgan fingerprint density at radius 1 is 1.58 bits per heavy atom. The molecule has 1 aliphatic carbocycles. The maximum absolute atomic E-state index is 11.9. The van der Waals surface area contributed by atoms with Crippen LogP contribution >= 0.6 is 0 Å². The van der Waals surface area contributed by atoms with Gasteiger partial charge in [-0.1, -0.05) is 19.9 Å². The van der Waals surface area contributed by atoms with Crippen molar-refractivity contribution in [2.24, 2.45) is 11.3 Å². The third kappa shape index (κ3) is 2.67. The lowest BCUT2D eigenvalue weighted by atomic mass is 10.1. The molecule has 2 N–H and O–H groups in total.